The van der Waals surface area contributed by atoms with Crippen molar-refractivity contribution < 1.29 is 23.0 Å². The molecule has 1 unspecified atom stereocenters. The quantitative estimate of drug-likeness (QED) is 0.825. The molecule has 0 N–H and O–H groups in total. The van der Waals surface area contributed by atoms with Crippen LogP contribution in [0.25, 0.3) is 0 Å². The molecule has 0 saturated heterocycles. The fourth-order valence-corrected chi connectivity index (χ4v) is 3.04. The van der Waals surface area contributed by atoms with Crippen molar-refractivity contribution in [2.24, 2.45) is 0 Å². The monoisotopic (exact) mass is 347 g/mol. The molecule has 0 spiro atoms. The Balaban J connectivity index is 1.72. The molecule has 2 aromatic carbocycles. The Morgan fingerprint density at radius 1 is 1.28 bits per heavy atom. The van der Waals surface area contributed by atoms with Crippen molar-refractivity contribution in [3.05, 3.63) is 59.7 Å². The highest BCUT2D eigenvalue weighted by atomic mass is 19.3. The molecular weight excluding hydrogens is 328 g/mol. The zero-order chi connectivity index (χ0) is 17.8. The van der Waals surface area contributed by atoms with Gasteiger partial charge in [0.25, 0.3) is 0 Å². The minimum Gasteiger partial charge on any atom is -0.493 e. The normalized spacial score (nSPS) is 16.1. The molecule has 0 saturated carbocycles. The molecule has 0 radical (unpaired) electrons. The van der Waals surface area contributed by atoms with Crippen LogP contribution in [0.2, 0.25) is 0 Å². The lowest BCUT2D eigenvalue weighted by atomic mass is 9.92. The second-order valence-electron chi connectivity index (χ2n) is 5.95. The summed E-state index contributed by atoms with van der Waals surface area (Å²) < 4.78 is 34.7. The number of alkyl halides is 2. The summed E-state index contributed by atoms with van der Waals surface area (Å²) in [5.74, 6) is 0.559. The van der Waals surface area contributed by atoms with Crippen molar-refractivity contribution in [3.63, 3.8) is 0 Å². The van der Waals surface area contributed by atoms with Gasteiger partial charge in [-0.2, -0.15) is 8.78 Å². The van der Waals surface area contributed by atoms with Crippen LogP contribution in [0.3, 0.4) is 0 Å². The van der Waals surface area contributed by atoms with Gasteiger partial charge in [-0.25, -0.2) is 0 Å². The Morgan fingerprint density at radius 2 is 2.08 bits per heavy atom. The lowest BCUT2D eigenvalue weighted by Gasteiger charge is -2.29. The summed E-state index contributed by atoms with van der Waals surface area (Å²) in [6.45, 7) is -2.05. The number of hydrogen-bond acceptors (Lipinski definition) is 3. The van der Waals surface area contributed by atoms with Crippen LogP contribution in [0.4, 0.5) is 8.78 Å². The van der Waals surface area contributed by atoms with Gasteiger partial charge in [-0.1, -0.05) is 30.3 Å². The Hall–Kier alpha value is -2.63. The van der Waals surface area contributed by atoms with Crippen LogP contribution in [0.1, 0.15) is 23.5 Å². The number of halogens is 2. The van der Waals surface area contributed by atoms with Crippen LogP contribution >= 0.6 is 0 Å². The molecule has 1 atom stereocenters. The molecule has 4 nitrogen and oxygen atoms in total. The second-order valence-corrected chi connectivity index (χ2v) is 5.95. The number of ether oxygens (including phenoxy) is 2. The van der Waals surface area contributed by atoms with Crippen LogP contribution in [0.5, 0.6) is 11.5 Å². The summed E-state index contributed by atoms with van der Waals surface area (Å²) in [7, 11) is 1.71. The second kappa shape index (κ2) is 7.51. The lowest BCUT2D eigenvalue weighted by Crippen LogP contribution is -2.33. The molecule has 1 aliphatic rings. The smallest absolute Gasteiger partial charge is 0.387 e. The first-order valence-corrected chi connectivity index (χ1v) is 8.05. The summed E-state index contributed by atoms with van der Waals surface area (Å²) in [4.78, 5) is 14.5. The predicted molar refractivity (Wildman–Crippen MR) is 88.8 cm³/mol. The number of rotatable bonds is 5. The Labute approximate surface area is 145 Å². The molecule has 1 heterocycles. The van der Waals surface area contributed by atoms with Gasteiger partial charge in [0.2, 0.25) is 5.91 Å². The van der Waals surface area contributed by atoms with Crippen molar-refractivity contribution in [1.29, 1.82) is 0 Å². The molecule has 3 rings (SSSR count). The maximum absolute atomic E-state index is 12.8. The zero-order valence-electron chi connectivity index (χ0n) is 13.8. The average Bonchev–Trinajstić information content (AvgIpc) is 2.60. The minimum absolute atomic E-state index is 0.0177. The fourth-order valence-electron chi connectivity index (χ4n) is 3.04. The summed E-state index contributed by atoms with van der Waals surface area (Å²) in [6.07, 6.45) is 0.620. The SMILES string of the molecule is CN(Cc1cccc(OC(F)F)c1)C(=O)C1CCOc2ccccc21. The molecule has 1 aliphatic heterocycles. The van der Waals surface area contributed by atoms with Gasteiger partial charge in [0, 0.05) is 19.2 Å². The predicted octanol–water partition coefficient (Wildman–Crippen LogP) is 3.81. The van der Waals surface area contributed by atoms with E-state index in [0.717, 1.165) is 16.9 Å². The first kappa shape index (κ1) is 17.2. The van der Waals surface area contributed by atoms with Gasteiger partial charge in [0.15, 0.2) is 0 Å². The van der Waals surface area contributed by atoms with Gasteiger partial charge < -0.3 is 14.4 Å². The van der Waals surface area contributed by atoms with Crippen LogP contribution in [0.15, 0.2) is 48.5 Å². The molecule has 0 bridgehead atoms. The maximum atomic E-state index is 12.8. The van der Waals surface area contributed by atoms with Gasteiger partial charge in [0.05, 0.1) is 12.5 Å². The number of carbonyl (C=O) groups excluding carboxylic acids is 1. The van der Waals surface area contributed by atoms with Crippen LogP contribution in [-0.4, -0.2) is 31.1 Å². The molecule has 2 aromatic rings. The van der Waals surface area contributed by atoms with Crippen LogP contribution < -0.4 is 9.47 Å². The van der Waals surface area contributed by atoms with E-state index in [0.29, 0.717) is 19.6 Å². The Morgan fingerprint density at radius 3 is 2.88 bits per heavy atom. The van der Waals surface area contributed by atoms with E-state index in [1.165, 1.54) is 12.1 Å². The van der Waals surface area contributed by atoms with E-state index in [9.17, 15) is 13.6 Å². The third kappa shape index (κ3) is 4.07. The number of carbonyl (C=O) groups is 1. The summed E-state index contributed by atoms with van der Waals surface area (Å²) in [5, 5.41) is 0. The topological polar surface area (TPSA) is 38.8 Å². The summed E-state index contributed by atoms with van der Waals surface area (Å²) in [6, 6.07) is 13.9. The molecule has 6 heteroatoms. The standard InChI is InChI=1S/C19H19F2NO3/c1-22(12-13-5-4-6-14(11-13)25-19(20)21)18(23)16-9-10-24-17-8-3-2-7-15(16)17/h2-8,11,16,19H,9-10,12H2,1H3. The van der Waals surface area contributed by atoms with Gasteiger partial charge >= 0.3 is 6.61 Å². The number of likely N-dealkylation sites (N-methyl/N-ethyl adjacent to an activating group) is 1. The number of fused-ring (bicyclic) bond motifs is 1. The highest BCUT2D eigenvalue weighted by molar-refractivity contribution is 5.84. The van der Waals surface area contributed by atoms with E-state index < -0.39 is 6.61 Å². The number of para-hydroxylation sites is 1. The zero-order valence-corrected chi connectivity index (χ0v) is 13.8. The maximum Gasteiger partial charge on any atom is 0.387 e. The number of amides is 1. The summed E-state index contributed by atoms with van der Waals surface area (Å²) >= 11 is 0. The molecule has 0 fully saturated rings. The Kier molecular flexibility index (Phi) is 5.16. The highest BCUT2D eigenvalue weighted by Gasteiger charge is 2.29. The minimum atomic E-state index is -2.87. The molecular formula is C19H19F2NO3. The van der Waals surface area contributed by atoms with Gasteiger partial charge in [-0.3, -0.25) is 4.79 Å². The lowest BCUT2D eigenvalue weighted by molar-refractivity contribution is -0.132. The van der Waals surface area contributed by atoms with Crippen molar-refractivity contribution >= 4 is 5.91 Å². The molecule has 1 amide bonds. The van der Waals surface area contributed by atoms with Crippen molar-refractivity contribution in [3.8, 4) is 11.5 Å². The van der Waals surface area contributed by atoms with Gasteiger partial charge in [0.1, 0.15) is 11.5 Å². The first-order valence-electron chi connectivity index (χ1n) is 8.05. The van der Waals surface area contributed by atoms with Gasteiger partial charge in [-0.05, 0) is 30.2 Å². The fraction of sp³-hybridized carbons (Fsp3) is 0.316. The van der Waals surface area contributed by atoms with Gasteiger partial charge in [-0.15, -0.1) is 0 Å². The van der Waals surface area contributed by atoms with E-state index in [1.54, 1.807) is 24.1 Å². The number of nitrogens with zero attached hydrogens (tertiary/aromatic N) is 1. The third-order valence-electron chi connectivity index (χ3n) is 4.18. The molecule has 0 aliphatic carbocycles. The number of hydrogen-bond donors (Lipinski definition) is 0. The third-order valence-corrected chi connectivity index (χ3v) is 4.18. The molecule has 0 aromatic heterocycles. The average molecular weight is 347 g/mol. The van der Waals surface area contributed by atoms with E-state index in [-0.39, 0.29) is 17.6 Å². The summed E-state index contributed by atoms with van der Waals surface area (Å²) in [5.41, 5.74) is 1.62. The van der Waals surface area contributed by atoms with Crippen molar-refractivity contribution in [1.82, 2.24) is 4.90 Å². The van der Waals surface area contributed by atoms with E-state index in [1.807, 2.05) is 24.3 Å². The highest BCUT2D eigenvalue weighted by Crippen LogP contribution is 2.34. The first-order chi connectivity index (χ1) is 12.0. The number of benzene rings is 2. The van der Waals surface area contributed by atoms with Crippen LogP contribution in [-0.2, 0) is 11.3 Å². The molecule has 25 heavy (non-hydrogen) atoms. The largest absolute Gasteiger partial charge is 0.493 e. The van der Waals surface area contributed by atoms with E-state index in [4.69, 9.17) is 4.74 Å². The van der Waals surface area contributed by atoms with Crippen molar-refractivity contribution in [2.45, 2.75) is 25.5 Å². The van der Waals surface area contributed by atoms with E-state index in [2.05, 4.69) is 4.74 Å². The van der Waals surface area contributed by atoms with Crippen LogP contribution in [0, 0.1) is 0 Å². The molecule has 132 valence electrons. The van der Waals surface area contributed by atoms with E-state index >= 15 is 0 Å². The Bertz CT molecular complexity index is 751. The van der Waals surface area contributed by atoms with Crippen molar-refractivity contribution in [2.75, 3.05) is 13.7 Å².